The van der Waals surface area contributed by atoms with Gasteiger partial charge < -0.3 is 21.1 Å². The van der Waals surface area contributed by atoms with E-state index in [-0.39, 0.29) is 36.5 Å². The molecule has 11 nitrogen and oxygen atoms in total. The van der Waals surface area contributed by atoms with Crippen LogP contribution in [0.5, 0.6) is 0 Å². The number of hydrogen-bond acceptors (Lipinski definition) is 9. The van der Waals surface area contributed by atoms with Crippen molar-refractivity contribution in [2.45, 2.75) is 49.6 Å². The molecule has 33 heavy (non-hydrogen) atoms. The van der Waals surface area contributed by atoms with E-state index in [2.05, 4.69) is 9.98 Å². The van der Waals surface area contributed by atoms with Crippen molar-refractivity contribution in [3.8, 4) is 0 Å². The smallest absolute Gasteiger partial charge is 0.409 e. The minimum Gasteiger partial charge on any atom is -0.450 e. The molecule has 12 heteroatoms. The molecule has 1 aromatic rings. The highest BCUT2D eigenvalue weighted by Gasteiger charge is 2.42. The van der Waals surface area contributed by atoms with Crippen molar-refractivity contribution in [3.05, 3.63) is 24.3 Å². The Labute approximate surface area is 194 Å². The Hall–Kier alpha value is -2.86. The molecule has 1 aromatic carbocycles. The SMILES string of the molecule is CCOC(=O)N1CCN(S(=O)(=O)c2ccc(N3C(N)=NC(N)=NC34CCCCC4)cc2)CC1. The van der Waals surface area contributed by atoms with Gasteiger partial charge in [-0.3, -0.25) is 4.90 Å². The fourth-order valence-electron chi connectivity index (χ4n) is 4.74. The molecular formula is C21H31N7O4S. The summed E-state index contributed by atoms with van der Waals surface area (Å²) in [4.78, 5) is 24.3. The molecule has 4 rings (SSSR count). The molecule has 4 N–H and O–H groups in total. The van der Waals surface area contributed by atoms with Crippen LogP contribution in [-0.2, 0) is 14.8 Å². The number of nitrogens with zero attached hydrogens (tertiary/aromatic N) is 5. The van der Waals surface area contributed by atoms with E-state index in [1.807, 2.05) is 4.90 Å². The van der Waals surface area contributed by atoms with Gasteiger partial charge in [-0.1, -0.05) is 6.42 Å². The lowest BCUT2D eigenvalue weighted by molar-refractivity contribution is 0.0934. The van der Waals surface area contributed by atoms with Crippen molar-refractivity contribution in [3.63, 3.8) is 0 Å². The van der Waals surface area contributed by atoms with Crippen molar-refractivity contribution in [2.75, 3.05) is 37.7 Å². The molecule has 0 aromatic heterocycles. The Bertz CT molecular complexity index is 1040. The molecule has 0 radical (unpaired) electrons. The van der Waals surface area contributed by atoms with Gasteiger partial charge in [0.05, 0.1) is 11.5 Å². The summed E-state index contributed by atoms with van der Waals surface area (Å²) >= 11 is 0. The van der Waals surface area contributed by atoms with Crippen LogP contribution in [0.1, 0.15) is 39.0 Å². The number of rotatable bonds is 4. The molecule has 1 spiro atoms. The van der Waals surface area contributed by atoms with E-state index in [0.717, 1.165) is 37.8 Å². The summed E-state index contributed by atoms with van der Waals surface area (Å²) in [5.41, 5.74) is 12.3. The summed E-state index contributed by atoms with van der Waals surface area (Å²) in [5.74, 6) is 0.432. The van der Waals surface area contributed by atoms with Crippen molar-refractivity contribution >= 4 is 33.7 Å². The average molecular weight is 478 g/mol. The lowest BCUT2D eigenvalue weighted by Crippen LogP contribution is -2.58. The molecular weight excluding hydrogens is 446 g/mol. The summed E-state index contributed by atoms with van der Waals surface area (Å²) in [7, 11) is -3.70. The third kappa shape index (κ3) is 4.49. The van der Waals surface area contributed by atoms with Gasteiger partial charge in [0.2, 0.25) is 21.9 Å². The summed E-state index contributed by atoms with van der Waals surface area (Å²) in [5, 5.41) is 0. The zero-order valence-corrected chi connectivity index (χ0v) is 19.6. The van der Waals surface area contributed by atoms with Crippen LogP contribution in [-0.4, -0.2) is 74.1 Å². The second-order valence-electron chi connectivity index (χ2n) is 8.40. The number of carbonyl (C=O) groups excluding carboxylic acids is 1. The maximum absolute atomic E-state index is 13.2. The second-order valence-corrected chi connectivity index (χ2v) is 10.3. The molecule has 1 amide bonds. The standard InChI is InChI=1S/C21H31N7O4S/c1-2-32-20(29)26-12-14-27(15-13-26)33(30,31)17-8-6-16(7-9-17)28-19(23)24-18(22)25-21(28)10-4-3-5-11-21/h6-9H,2-5,10-15H2,1H3,(H4,22,23,24,25). The first-order valence-electron chi connectivity index (χ1n) is 11.3. The highest BCUT2D eigenvalue weighted by molar-refractivity contribution is 7.89. The minimum atomic E-state index is -3.70. The van der Waals surface area contributed by atoms with Crippen molar-refractivity contribution in [1.29, 1.82) is 0 Å². The first-order chi connectivity index (χ1) is 15.8. The molecule has 0 unspecified atom stereocenters. The summed E-state index contributed by atoms with van der Waals surface area (Å²) in [6.45, 7) is 3.04. The molecule has 3 aliphatic rings. The van der Waals surface area contributed by atoms with Crippen molar-refractivity contribution in [2.24, 2.45) is 21.5 Å². The number of nitrogens with two attached hydrogens (primary N) is 2. The van der Waals surface area contributed by atoms with Gasteiger partial charge in [-0.05, 0) is 56.9 Å². The van der Waals surface area contributed by atoms with E-state index >= 15 is 0 Å². The van der Waals surface area contributed by atoms with E-state index in [4.69, 9.17) is 16.2 Å². The number of ether oxygens (including phenoxy) is 1. The molecule has 0 atom stereocenters. The third-order valence-corrected chi connectivity index (χ3v) is 8.26. The predicted molar refractivity (Wildman–Crippen MR) is 125 cm³/mol. The quantitative estimate of drug-likeness (QED) is 0.663. The number of piperazine rings is 1. The predicted octanol–water partition coefficient (Wildman–Crippen LogP) is 1.26. The van der Waals surface area contributed by atoms with Gasteiger partial charge in [-0.15, -0.1) is 0 Å². The Balaban J connectivity index is 1.52. The number of anilines is 1. The number of sulfonamides is 1. The summed E-state index contributed by atoms with van der Waals surface area (Å²) in [6.07, 6.45) is 4.32. The average Bonchev–Trinajstić information content (AvgIpc) is 2.79. The molecule has 1 aliphatic carbocycles. The highest BCUT2D eigenvalue weighted by atomic mass is 32.2. The number of guanidine groups is 2. The fourth-order valence-corrected chi connectivity index (χ4v) is 6.16. The highest BCUT2D eigenvalue weighted by Crippen LogP contribution is 2.39. The van der Waals surface area contributed by atoms with Gasteiger partial charge in [-0.2, -0.15) is 9.30 Å². The van der Waals surface area contributed by atoms with E-state index < -0.39 is 21.8 Å². The monoisotopic (exact) mass is 477 g/mol. The van der Waals surface area contributed by atoms with Crippen LogP contribution in [0.25, 0.3) is 0 Å². The van der Waals surface area contributed by atoms with Crippen LogP contribution in [0.3, 0.4) is 0 Å². The largest absolute Gasteiger partial charge is 0.450 e. The summed E-state index contributed by atoms with van der Waals surface area (Å²) in [6, 6.07) is 6.62. The number of hydrogen-bond donors (Lipinski definition) is 2. The molecule has 2 aliphatic heterocycles. The maximum atomic E-state index is 13.2. The third-order valence-electron chi connectivity index (χ3n) is 6.35. The normalized spacial score (nSPS) is 21.5. The Morgan fingerprint density at radius 3 is 2.30 bits per heavy atom. The Kier molecular flexibility index (Phi) is 6.48. The van der Waals surface area contributed by atoms with Crippen LogP contribution in [0.15, 0.2) is 39.1 Å². The number of benzene rings is 1. The van der Waals surface area contributed by atoms with E-state index in [1.165, 1.54) is 9.21 Å². The van der Waals surface area contributed by atoms with Gasteiger partial charge >= 0.3 is 6.09 Å². The van der Waals surface area contributed by atoms with Gasteiger partial charge in [0.1, 0.15) is 5.66 Å². The summed E-state index contributed by atoms with van der Waals surface area (Å²) < 4.78 is 32.7. The topological polar surface area (TPSA) is 147 Å². The van der Waals surface area contributed by atoms with E-state index in [9.17, 15) is 13.2 Å². The van der Waals surface area contributed by atoms with Gasteiger partial charge in [-0.25, -0.2) is 18.2 Å². The molecule has 2 fully saturated rings. The molecule has 0 bridgehead atoms. The van der Waals surface area contributed by atoms with Crippen LogP contribution >= 0.6 is 0 Å². The Morgan fingerprint density at radius 1 is 1.06 bits per heavy atom. The zero-order chi connectivity index (χ0) is 23.6. The van der Waals surface area contributed by atoms with Crippen molar-refractivity contribution in [1.82, 2.24) is 9.21 Å². The van der Waals surface area contributed by atoms with Crippen LogP contribution < -0.4 is 16.4 Å². The fraction of sp³-hybridized carbons (Fsp3) is 0.571. The molecule has 2 heterocycles. The van der Waals surface area contributed by atoms with Crippen LogP contribution in [0.2, 0.25) is 0 Å². The van der Waals surface area contributed by atoms with Gasteiger partial charge in [0.25, 0.3) is 0 Å². The first-order valence-corrected chi connectivity index (χ1v) is 12.7. The second kappa shape index (κ2) is 9.18. The lowest BCUT2D eigenvalue weighted by Gasteiger charge is -2.45. The lowest BCUT2D eigenvalue weighted by atomic mass is 9.87. The van der Waals surface area contributed by atoms with Gasteiger partial charge in [0, 0.05) is 31.9 Å². The maximum Gasteiger partial charge on any atom is 0.409 e. The Morgan fingerprint density at radius 2 is 1.70 bits per heavy atom. The zero-order valence-electron chi connectivity index (χ0n) is 18.8. The van der Waals surface area contributed by atoms with Crippen LogP contribution in [0.4, 0.5) is 10.5 Å². The number of aliphatic imine (C=N–C) groups is 2. The number of carbonyl (C=O) groups is 1. The molecule has 180 valence electrons. The van der Waals surface area contributed by atoms with E-state index in [1.54, 1.807) is 31.2 Å². The first kappa shape index (κ1) is 23.3. The van der Waals surface area contributed by atoms with Gasteiger partial charge in [0.15, 0.2) is 0 Å². The molecule has 1 saturated heterocycles. The number of amides is 1. The van der Waals surface area contributed by atoms with Crippen LogP contribution in [0, 0.1) is 0 Å². The van der Waals surface area contributed by atoms with E-state index in [0.29, 0.717) is 13.1 Å². The minimum absolute atomic E-state index is 0.173. The molecule has 1 saturated carbocycles. The van der Waals surface area contributed by atoms with Crippen molar-refractivity contribution < 1.29 is 17.9 Å².